The van der Waals surface area contributed by atoms with E-state index in [4.69, 9.17) is 0 Å². The van der Waals surface area contributed by atoms with Gasteiger partial charge in [0.05, 0.1) is 33.4 Å². The Morgan fingerprint density at radius 1 is 0.396 bits per heavy atom. The van der Waals surface area contributed by atoms with Crippen LogP contribution in [0.1, 0.15) is 31.1 Å². The third-order valence-corrected chi connectivity index (χ3v) is 8.04. The number of fused-ring (bicyclic) bond motifs is 3. The molecule has 6 N–H and O–H groups in total. The SMILES string of the molecule is O=C(O)c1ccc2c(-c3nc(-c4c(O)ccc5cc(C(=O)O)ccc45)nc(-c4c(O)ccc5cc(C(=O)O)ccc45)n3)c(O)ccc2c1. The van der Waals surface area contributed by atoms with Crippen LogP contribution in [-0.2, 0) is 0 Å². The van der Waals surface area contributed by atoms with Gasteiger partial charge in [0.15, 0.2) is 17.5 Å². The molecule has 6 aromatic carbocycles. The molecule has 0 amide bonds. The van der Waals surface area contributed by atoms with Crippen LogP contribution in [0.15, 0.2) is 91.0 Å². The second kappa shape index (κ2) is 11.1. The quantitative estimate of drug-likeness (QED) is 0.114. The first-order valence-corrected chi connectivity index (χ1v) is 14.2. The molecular formula is C36H21N3O9. The van der Waals surface area contributed by atoms with Crippen LogP contribution in [0.4, 0.5) is 0 Å². The van der Waals surface area contributed by atoms with Crippen LogP contribution >= 0.6 is 0 Å². The number of rotatable bonds is 6. The smallest absolute Gasteiger partial charge is 0.335 e. The fraction of sp³-hybridized carbons (Fsp3) is 0. The number of nitrogens with zero attached hydrogens (tertiary/aromatic N) is 3. The molecule has 0 spiro atoms. The van der Waals surface area contributed by atoms with Crippen LogP contribution in [0.2, 0.25) is 0 Å². The topological polar surface area (TPSA) is 211 Å². The third-order valence-electron chi connectivity index (χ3n) is 8.04. The Balaban J connectivity index is 1.58. The number of carboxylic acid groups (broad SMARTS) is 3. The molecule has 0 saturated heterocycles. The standard InChI is InChI=1S/C36H21N3O9/c40-25-10-4-16-13-19(34(43)44)1-7-22(16)28(25)31-37-32(29-23-8-2-20(35(45)46)14-17(23)5-11-26(29)41)39-33(38-31)30-24-9-3-21(36(47)48)15-18(24)6-12-27(30)42/h1-15,40-42H,(H,43,44)(H,45,46)(H,47,48). The molecular weight excluding hydrogens is 618 g/mol. The van der Waals surface area contributed by atoms with Crippen LogP contribution in [0, 0.1) is 0 Å². The summed E-state index contributed by atoms with van der Waals surface area (Å²) in [5, 5.41) is 64.6. The normalized spacial score (nSPS) is 11.2. The van der Waals surface area contributed by atoms with Gasteiger partial charge in [-0.25, -0.2) is 29.3 Å². The number of carboxylic acids is 3. The van der Waals surface area contributed by atoms with E-state index in [1.54, 1.807) is 0 Å². The lowest BCUT2D eigenvalue weighted by atomic mass is 9.98. The molecule has 12 heteroatoms. The zero-order valence-electron chi connectivity index (χ0n) is 24.4. The molecule has 0 saturated carbocycles. The van der Waals surface area contributed by atoms with Crippen LogP contribution in [0.3, 0.4) is 0 Å². The summed E-state index contributed by atoms with van der Waals surface area (Å²) < 4.78 is 0. The maximum Gasteiger partial charge on any atom is 0.335 e. The summed E-state index contributed by atoms with van der Waals surface area (Å²) in [7, 11) is 0. The second-order valence-electron chi connectivity index (χ2n) is 10.9. The molecule has 0 radical (unpaired) electrons. The molecule has 0 aliphatic carbocycles. The van der Waals surface area contributed by atoms with E-state index in [1.165, 1.54) is 91.0 Å². The van der Waals surface area contributed by atoms with Crippen molar-refractivity contribution < 1.29 is 45.0 Å². The third kappa shape index (κ3) is 4.90. The largest absolute Gasteiger partial charge is 0.507 e. The molecule has 12 nitrogen and oxygen atoms in total. The van der Waals surface area contributed by atoms with Crippen molar-refractivity contribution in [3.05, 3.63) is 108 Å². The van der Waals surface area contributed by atoms with Gasteiger partial charge >= 0.3 is 17.9 Å². The van der Waals surface area contributed by atoms with Crippen molar-refractivity contribution in [1.82, 2.24) is 15.0 Å². The zero-order chi connectivity index (χ0) is 33.9. The van der Waals surface area contributed by atoms with Crippen LogP contribution in [-0.4, -0.2) is 63.5 Å². The molecule has 7 rings (SSSR count). The van der Waals surface area contributed by atoms with Crippen LogP contribution in [0.25, 0.3) is 66.5 Å². The lowest BCUT2D eigenvalue weighted by molar-refractivity contribution is 0.0686. The molecule has 0 unspecified atom stereocenters. The Kier molecular flexibility index (Phi) is 6.83. The predicted octanol–water partition coefficient (Wildman–Crippen LogP) is 6.54. The Hall–Kier alpha value is -7.08. The summed E-state index contributed by atoms with van der Waals surface area (Å²) in [6.45, 7) is 0. The first-order chi connectivity index (χ1) is 23.0. The number of benzene rings is 6. The number of aromatic carboxylic acids is 3. The number of phenols is 3. The maximum atomic E-state index is 11.7. The Bertz CT molecular complexity index is 2260. The first-order valence-electron chi connectivity index (χ1n) is 14.2. The van der Waals surface area contributed by atoms with Crippen molar-refractivity contribution in [3.63, 3.8) is 0 Å². The minimum Gasteiger partial charge on any atom is -0.507 e. The van der Waals surface area contributed by atoms with Gasteiger partial charge in [-0.15, -0.1) is 0 Å². The van der Waals surface area contributed by atoms with E-state index in [0.29, 0.717) is 32.3 Å². The van der Waals surface area contributed by atoms with Crippen LogP contribution in [0.5, 0.6) is 17.2 Å². The summed E-state index contributed by atoms with van der Waals surface area (Å²) >= 11 is 0. The van der Waals surface area contributed by atoms with Crippen LogP contribution < -0.4 is 0 Å². The average molecular weight is 640 g/mol. The molecule has 0 atom stereocenters. The van der Waals surface area contributed by atoms with Gasteiger partial charge < -0.3 is 30.6 Å². The Morgan fingerprint density at radius 2 is 0.667 bits per heavy atom. The van der Waals surface area contributed by atoms with Gasteiger partial charge in [-0.3, -0.25) is 0 Å². The summed E-state index contributed by atoms with van der Waals surface area (Å²) in [4.78, 5) is 49.0. The monoisotopic (exact) mass is 639 g/mol. The Labute approximate surface area is 269 Å². The predicted molar refractivity (Wildman–Crippen MR) is 175 cm³/mol. The van der Waals surface area contributed by atoms with Gasteiger partial charge in [-0.1, -0.05) is 36.4 Å². The molecule has 7 aromatic rings. The van der Waals surface area contributed by atoms with Gasteiger partial charge in [0, 0.05) is 0 Å². The number of hydrogen-bond acceptors (Lipinski definition) is 9. The highest BCUT2D eigenvalue weighted by atomic mass is 16.4. The summed E-state index contributed by atoms with van der Waals surface area (Å²) in [5.74, 6) is -4.50. The molecule has 0 bridgehead atoms. The minimum atomic E-state index is -1.15. The minimum absolute atomic E-state index is 0.0129. The van der Waals surface area contributed by atoms with Crippen molar-refractivity contribution in [1.29, 1.82) is 0 Å². The van der Waals surface area contributed by atoms with Gasteiger partial charge in [-0.05, 0) is 86.9 Å². The number of phenolic OH excluding ortho intramolecular Hbond substituents is 3. The summed E-state index contributed by atoms with van der Waals surface area (Å²) in [5.41, 5.74) is 0.359. The summed E-state index contributed by atoms with van der Waals surface area (Å²) in [6, 6.07) is 21.6. The first kappa shape index (κ1) is 29.6. The fourth-order valence-electron chi connectivity index (χ4n) is 5.77. The molecule has 48 heavy (non-hydrogen) atoms. The van der Waals surface area contributed by atoms with Gasteiger partial charge in [0.25, 0.3) is 0 Å². The van der Waals surface area contributed by atoms with E-state index in [0.717, 1.165) is 0 Å². The Morgan fingerprint density at radius 3 is 0.917 bits per heavy atom. The fourth-order valence-corrected chi connectivity index (χ4v) is 5.77. The van der Waals surface area contributed by atoms with Gasteiger partial charge in [0.2, 0.25) is 0 Å². The molecule has 0 fully saturated rings. The molecule has 1 aromatic heterocycles. The summed E-state index contributed by atoms with van der Waals surface area (Å²) in [6.07, 6.45) is 0. The molecule has 1 heterocycles. The van der Waals surface area contributed by atoms with Crippen molar-refractivity contribution in [3.8, 4) is 51.4 Å². The van der Waals surface area contributed by atoms with Crippen molar-refractivity contribution in [2.45, 2.75) is 0 Å². The maximum absolute atomic E-state index is 11.7. The number of hydrogen-bond donors (Lipinski definition) is 6. The van der Waals surface area contributed by atoms with Gasteiger partial charge in [0.1, 0.15) is 17.2 Å². The molecule has 234 valence electrons. The average Bonchev–Trinajstić information content (AvgIpc) is 3.07. The number of carbonyl (C=O) groups is 3. The van der Waals surface area contributed by atoms with E-state index in [9.17, 15) is 45.0 Å². The zero-order valence-corrected chi connectivity index (χ0v) is 24.4. The van der Waals surface area contributed by atoms with E-state index >= 15 is 0 Å². The highest BCUT2D eigenvalue weighted by Crippen LogP contribution is 2.42. The molecule has 0 aliphatic rings. The number of aromatic nitrogens is 3. The van der Waals surface area contributed by atoms with E-state index in [-0.39, 0.29) is 68.1 Å². The van der Waals surface area contributed by atoms with E-state index in [2.05, 4.69) is 15.0 Å². The lowest BCUT2D eigenvalue weighted by Crippen LogP contribution is -2.03. The number of aromatic hydroxyl groups is 3. The highest BCUT2D eigenvalue weighted by Gasteiger charge is 2.23. The van der Waals surface area contributed by atoms with Crippen molar-refractivity contribution in [2.75, 3.05) is 0 Å². The van der Waals surface area contributed by atoms with E-state index in [1.807, 2.05) is 0 Å². The van der Waals surface area contributed by atoms with Gasteiger partial charge in [-0.2, -0.15) is 0 Å². The molecule has 0 aliphatic heterocycles. The van der Waals surface area contributed by atoms with Crippen molar-refractivity contribution >= 4 is 50.2 Å². The van der Waals surface area contributed by atoms with Crippen molar-refractivity contribution in [2.24, 2.45) is 0 Å². The second-order valence-corrected chi connectivity index (χ2v) is 10.9. The van der Waals surface area contributed by atoms with E-state index < -0.39 is 17.9 Å². The lowest BCUT2D eigenvalue weighted by Gasteiger charge is -2.15. The highest BCUT2D eigenvalue weighted by molar-refractivity contribution is 6.05.